The smallest absolute Gasteiger partial charge is 0.408 e. The fourth-order valence-electron chi connectivity index (χ4n) is 2.59. The molecule has 9 heteroatoms. The molecule has 2 aromatic rings. The molecule has 0 aliphatic heterocycles. The number of hydrogen-bond acceptors (Lipinski definition) is 6. The van der Waals surface area contributed by atoms with Gasteiger partial charge in [0.15, 0.2) is 0 Å². The van der Waals surface area contributed by atoms with Gasteiger partial charge in [0.25, 0.3) is 0 Å². The number of hydrogen-bond donors (Lipinski definition) is 3. The highest BCUT2D eigenvalue weighted by Gasteiger charge is 2.28. The van der Waals surface area contributed by atoms with Gasteiger partial charge in [-0.1, -0.05) is 64.5 Å². The molecule has 2 aromatic carbocycles. The molecule has 2 amide bonds. The Labute approximate surface area is 182 Å². The van der Waals surface area contributed by atoms with Crippen LogP contribution < -0.4 is 10.6 Å². The largest absolute Gasteiger partial charge is 0.467 e. The molecule has 0 aliphatic rings. The maximum Gasteiger partial charge on any atom is 0.408 e. The summed E-state index contributed by atoms with van der Waals surface area (Å²) >= 11 is 3.40. The molecule has 0 aromatic heterocycles. The van der Waals surface area contributed by atoms with E-state index in [1.165, 1.54) is 7.11 Å². The predicted molar refractivity (Wildman–Crippen MR) is 112 cm³/mol. The highest BCUT2D eigenvalue weighted by Crippen LogP contribution is 2.18. The Kier molecular flexibility index (Phi) is 9.30. The number of carbonyl (C=O) groups excluding carboxylic acids is 3. The Morgan fingerprint density at radius 3 is 2.30 bits per heavy atom. The van der Waals surface area contributed by atoms with Gasteiger partial charge in [0, 0.05) is 10.9 Å². The molecular formula is C21H23BrN2O6. The van der Waals surface area contributed by atoms with Crippen molar-refractivity contribution in [3.63, 3.8) is 0 Å². The van der Waals surface area contributed by atoms with E-state index >= 15 is 0 Å². The second-order valence-corrected chi connectivity index (χ2v) is 7.18. The van der Waals surface area contributed by atoms with Crippen molar-refractivity contribution < 1.29 is 29.0 Å². The van der Waals surface area contributed by atoms with Gasteiger partial charge in [0.2, 0.25) is 5.91 Å². The molecule has 0 bridgehead atoms. The van der Waals surface area contributed by atoms with E-state index in [2.05, 4.69) is 26.6 Å². The first-order valence-electron chi connectivity index (χ1n) is 9.14. The molecular weight excluding hydrogens is 456 g/mol. The maximum absolute atomic E-state index is 12.5. The molecule has 0 saturated heterocycles. The zero-order valence-electron chi connectivity index (χ0n) is 16.3. The number of aliphatic hydroxyl groups is 1. The summed E-state index contributed by atoms with van der Waals surface area (Å²) in [7, 11) is 1.21. The second kappa shape index (κ2) is 11.9. The highest BCUT2D eigenvalue weighted by atomic mass is 79.9. The Bertz CT molecular complexity index is 862. The number of benzene rings is 2. The lowest BCUT2D eigenvalue weighted by molar-refractivity contribution is -0.145. The number of halogens is 1. The predicted octanol–water partition coefficient (Wildman–Crippen LogP) is 1.94. The van der Waals surface area contributed by atoms with Crippen molar-refractivity contribution in [2.24, 2.45) is 0 Å². The molecule has 0 unspecified atom stereocenters. The lowest BCUT2D eigenvalue weighted by Crippen LogP contribution is -2.54. The molecule has 2 rings (SSSR count). The standard InChI is InChI=1S/C21H23BrN2O6/c1-29-20(27)17(11-15-9-5-6-10-16(15)22)23-19(26)18(12-25)24-21(28)30-13-14-7-3-2-4-8-14/h2-10,17-18,25H,11-13H2,1H3,(H,23,26)(H,24,28)/t17-,18-/m0/s1. The van der Waals surface area contributed by atoms with Crippen LogP contribution in [0.3, 0.4) is 0 Å². The number of esters is 1. The normalized spacial score (nSPS) is 12.4. The summed E-state index contributed by atoms with van der Waals surface area (Å²) in [6.07, 6.45) is -0.704. The van der Waals surface area contributed by atoms with Gasteiger partial charge < -0.3 is 25.2 Å². The molecule has 2 atom stereocenters. The number of ether oxygens (including phenoxy) is 2. The summed E-state index contributed by atoms with van der Waals surface area (Å²) in [4.78, 5) is 36.6. The molecule has 30 heavy (non-hydrogen) atoms. The van der Waals surface area contributed by atoms with E-state index in [4.69, 9.17) is 9.47 Å². The van der Waals surface area contributed by atoms with Gasteiger partial charge in [-0.15, -0.1) is 0 Å². The van der Waals surface area contributed by atoms with Gasteiger partial charge in [-0.2, -0.15) is 0 Å². The van der Waals surface area contributed by atoms with Gasteiger partial charge in [0.05, 0.1) is 13.7 Å². The van der Waals surface area contributed by atoms with Gasteiger partial charge in [-0.25, -0.2) is 9.59 Å². The minimum Gasteiger partial charge on any atom is -0.467 e. The summed E-state index contributed by atoms with van der Waals surface area (Å²) < 4.78 is 10.6. The fourth-order valence-corrected chi connectivity index (χ4v) is 3.04. The van der Waals surface area contributed by atoms with Crippen LogP contribution in [0, 0.1) is 0 Å². The molecule has 0 saturated carbocycles. The first-order chi connectivity index (χ1) is 14.4. The van der Waals surface area contributed by atoms with E-state index in [-0.39, 0.29) is 13.0 Å². The maximum atomic E-state index is 12.5. The van der Waals surface area contributed by atoms with Crippen LogP contribution in [-0.4, -0.2) is 48.9 Å². The monoisotopic (exact) mass is 478 g/mol. The Morgan fingerprint density at radius 2 is 1.67 bits per heavy atom. The number of amides is 2. The van der Waals surface area contributed by atoms with E-state index in [0.717, 1.165) is 15.6 Å². The van der Waals surface area contributed by atoms with E-state index in [9.17, 15) is 19.5 Å². The Hall–Kier alpha value is -2.91. The van der Waals surface area contributed by atoms with Crippen molar-refractivity contribution in [2.75, 3.05) is 13.7 Å². The summed E-state index contributed by atoms with van der Waals surface area (Å²) in [5, 5.41) is 14.3. The number of methoxy groups -OCH3 is 1. The number of aliphatic hydroxyl groups excluding tert-OH is 1. The summed E-state index contributed by atoms with van der Waals surface area (Å²) in [6, 6.07) is 14.0. The van der Waals surface area contributed by atoms with E-state index in [1.807, 2.05) is 18.2 Å². The van der Waals surface area contributed by atoms with Crippen molar-refractivity contribution in [1.82, 2.24) is 10.6 Å². The average molecular weight is 479 g/mol. The third kappa shape index (κ3) is 7.16. The number of nitrogens with one attached hydrogen (secondary N) is 2. The third-order valence-electron chi connectivity index (χ3n) is 4.19. The highest BCUT2D eigenvalue weighted by molar-refractivity contribution is 9.10. The van der Waals surface area contributed by atoms with Crippen LogP contribution in [0.1, 0.15) is 11.1 Å². The Morgan fingerprint density at radius 1 is 1.00 bits per heavy atom. The fraction of sp³-hybridized carbons (Fsp3) is 0.286. The van der Waals surface area contributed by atoms with Crippen LogP contribution in [0.15, 0.2) is 59.1 Å². The first-order valence-corrected chi connectivity index (χ1v) is 9.93. The average Bonchev–Trinajstić information content (AvgIpc) is 2.77. The molecule has 0 fully saturated rings. The number of rotatable bonds is 9. The van der Waals surface area contributed by atoms with Crippen LogP contribution in [0.4, 0.5) is 4.79 Å². The van der Waals surface area contributed by atoms with Crippen LogP contribution in [-0.2, 0) is 32.1 Å². The molecule has 0 heterocycles. The van der Waals surface area contributed by atoms with Crippen LogP contribution in [0.2, 0.25) is 0 Å². The third-order valence-corrected chi connectivity index (χ3v) is 4.96. The molecule has 0 radical (unpaired) electrons. The number of carbonyl (C=O) groups is 3. The van der Waals surface area contributed by atoms with Crippen LogP contribution >= 0.6 is 15.9 Å². The zero-order valence-corrected chi connectivity index (χ0v) is 17.9. The summed E-state index contributed by atoms with van der Waals surface area (Å²) in [6.45, 7) is -0.658. The molecule has 0 spiro atoms. The van der Waals surface area contributed by atoms with Crippen molar-refractivity contribution >= 4 is 33.9 Å². The first kappa shape index (κ1) is 23.4. The van der Waals surface area contributed by atoms with E-state index in [0.29, 0.717) is 0 Å². The van der Waals surface area contributed by atoms with Crippen molar-refractivity contribution in [1.29, 1.82) is 0 Å². The topological polar surface area (TPSA) is 114 Å². The van der Waals surface area contributed by atoms with Gasteiger partial charge in [-0.3, -0.25) is 4.79 Å². The Balaban J connectivity index is 1.96. The van der Waals surface area contributed by atoms with Crippen molar-refractivity contribution in [3.05, 3.63) is 70.2 Å². The zero-order chi connectivity index (χ0) is 21.9. The lowest BCUT2D eigenvalue weighted by Gasteiger charge is -2.21. The summed E-state index contributed by atoms with van der Waals surface area (Å²) in [5.41, 5.74) is 1.56. The lowest BCUT2D eigenvalue weighted by atomic mass is 10.1. The quantitative estimate of drug-likeness (QED) is 0.474. The van der Waals surface area contributed by atoms with Crippen LogP contribution in [0.25, 0.3) is 0 Å². The van der Waals surface area contributed by atoms with E-state index < -0.39 is 36.7 Å². The van der Waals surface area contributed by atoms with Gasteiger partial charge >= 0.3 is 12.1 Å². The van der Waals surface area contributed by atoms with Crippen LogP contribution in [0.5, 0.6) is 0 Å². The SMILES string of the molecule is COC(=O)[C@H](Cc1ccccc1Br)NC(=O)[C@H](CO)NC(=O)OCc1ccccc1. The van der Waals surface area contributed by atoms with Gasteiger partial charge in [-0.05, 0) is 17.2 Å². The molecule has 160 valence electrons. The van der Waals surface area contributed by atoms with E-state index in [1.54, 1.807) is 36.4 Å². The summed E-state index contributed by atoms with van der Waals surface area (Å²) in [5.74, 6) is -1.39. The minimum atomic E-state index is -1.29. The second-order valence-electron chi connectivity index (χ2n) is 6.32. The minimum absolute atomic E-state index is 0.0132. The molecule has 3 N–H and O–H groups in total. The van der Waals surface area contributed by atoms with Crippen molar-refractivity contribution in [3.8, 4) is 0 Å². The van der Waals surface area contributed by atoms with Gasteiger partial charge in [0.1, 0.15) is 18.7 Å². The van der Waals surface area contributed by atoms with Crippen molar-refractivity contribution in [2.45, 2.75) is 25.1 Å². The molecule has 0 aliphatic carbocycles. The number of alkyl carbamates (subject to hydrolysis) is 1. The molecule has 8 nitrogen and oxygen atoms in total.